The van der Waals surface area contributed by atoms with Crippen LogP contribution in [0.4, 0.5) is 0 Å². The molecule has 144 valence electrons. The van der Waals surface area contributed by atoms with Gasteiger partial charge in [-0.05, 0) is 67.5 Å². The van der Waals surface area contributed by atoms with Crippen molar-refractivity contribution in [1.29, 1.82) is 0 Å². The summed E-state index contributed by atoms with van der Waals surface area (Å²) in [7, 11) is 0. The summed E-state index contributed by atoms with van der Waals surface area (Å²) in [4.78, 5) is 25.0. The van der Waals surface area contributed by atoms with Gasteiger partial charge >= 0.3 is 11.6 Å². The van der Waals surface area contributed by atoms with Gasteiger partial charge in [0.25, 0.3) is 0 Å². The second kappa shape index (κ2) is 7.63. The Balaban J connectivity index is 1.60. The molecule has 1 fully saturated rings. The average Bonchev–Trinajstić information content (AvgIpc) is 2.67. The molecular formula is C24H24O4. The van der Waals surface area contributed by atoms with E-state index in [0.717, 1.165) is 35.8 Å². The molecule has 0 spiro atoms. The van der Waals surface area contributed by atoms with E-state index in [1.54, 1.807) is 24.3 Å². The first-order valence-electron chi connectivity index (χ1n) is 9.86. The van der Waals surface area contributed by atoms with E-state index in [-0.39, 0.29) is 17.7 Å². The number of rotatable bonds is 3. The topological polar surface area (TPSA) is 56.5 Å². The maximum absolute atomic E-state index is 12.6. The molecule has 1 aromatic heterocycles. The van der Waals surface area contributed by atoms with Crippen LogP contribution in [-0.4, -0.2) is 12.1 Å². The maximum atomic E-state index is 12.6. The molecule has 0 unspecified atom stereocenters. The summed E-state index contributed by atoms with van der Waals surface area (Å²) >= 11 is 0. The SMILES string of the molecule is Cc1cc(C(=O)O[C@H]2CCC[C@H](C)C2)ccc1-c1cc2ccccc2oc1=O. The molecule has 1 aliphatic carbocycles. The Kier molecular flexibility index (Phi) is 5.03. The lowest BCUT2D eigenvalue weighted by atomic mass is 9.88. The summed E-state index contributed by atoms with van der Waals surface area (Å²) in [6, 6.07) is 14.6. The van der Waals surface area contributed by atoms with Gasteiger partial charge in [0.2, 0.25) is 0 Å². The fourth-order valence-corrected chi connectivity index (χ4v) is 4.05. The van der Waals surface area contributed by atoms with Crippen LogP contribution in [0.5, 0.6) is 0 Å². The molecule has 3 aromatic rings. The number of hydrogen-bond donors (Lipinski definition) is 0. The second-order valence-electron chi connectivity index (χ2n) is 7.81. The van der Waals surface area contributed by atoms with Crippen LogP contribution in [0.25, 0.3) is 22.1 Å². The summed E-state index contributed by atoms with van der Waals surface area (Å²) in [5.41, 5.74) is 2.81. The molecule has 0 saturated heterocycles. The van der Waals surface area contributed by atoms with Crippen LogP contribution in [-0.2, 0) is 4.74 Å². The number of esters is 1. The molecule has 0 N–H and O–H groups in total. The van der Waals surface area contributed by atoms with E-state index in [1.165, 1.54) is 6.42 Å². The largest absolute Gasteiger partial charge is 0.459 e. The van der Waals surface area contributed by atoms with Crippen LogP contribution >= 0.6 is 0 Å². The van der Waals surface area contributed by atoms with Gasteiger partial charge in [0, 0.05) is 5.39 Å². The van der Waals surface area contributed by atoms with Crippen LogP contribution in [0.15, 0.2) is 57.7 Å². The van der Waals surface area contributed by atoms with Gasteiger partial charge < -0.3 is 9.15 Å². The molecule has 4 nitrogen and oxygen atoms in total. The molecule has 0 amide bonds. The standard InChI is InChI=1S/C24H24O4/c1-15-6-5-8-19(12-15)27-23(25)18-10-11-20(16(2)13-18)21-14-17-7-3-4-9-22(17)28-24(21)26/h3-4,7,9-11,13-15,19H,5-6,8,12H2,1-2H3/t15-,19-/m0/s1. The monoisotopic (exact) mass is 376 g/mol. The van der Waals surface area contributed by atoms with Crippen molar-refractivity contribution in [2.45, 2.75) is 45.6 Å². The van der Waals surface area contributed by atoms with Crippen molar-refractivity contribution in [3.63, 3.8) is 0 Å². The van der Waals surface area contributed by atoms with Gasteiger partial charge in [0.1, 0.15) is 11.7 Å². The quantitative estimate of drug-likeness (QED) is 0.447. The molecular weight excluding hydrogens is 352 g/mol. The minimum absolute atomic E-state index is 0.00349. The van der Waals surface area contributed by atoms with Gasteiger partial charge in [0.05, 0.1) is 11.1 Å². The zero-order valence-corrected chi connectivity index (χ0v) is 16.2. The first kappa shape index (κ1) is 18.5. The van der Waals surface area contributed by atoms with Gasteiger partial charge in [-0.3, -0.25) is 0 Å². The number of ether oxygens (including phenoxy) is 1. The van der Waals surface area contributed by atoms with E-state index in [4.69, 9.17) is 9.15 Å². The normalized spacial score (nSPS) is 19.5. The molecule has 4 heteroatoms. The highest BCUT2D eigenvalue weighted by Gasteiger charge is 2.23. The summed E-state index contributed by atoms with van der Waals surface area (Å²) in [5, 5.41) is 0.867. The van der Waals surface area contributed by atoms with E-state index >= 15 is 0 Å². The fourth-order valence-electron chi connectivity index (χ4n) is 4.05. The van der Waals surface area contributed by atoms with Gasteiger partial charge in [-0.25, -0.2) is 9.59 Å². The number of fused-ring (bicyclic) bond motifs is 1. The number of aryl methyl sites for hydroxylation is 1. The third-order valence-corrected chi connectivity index (χ3v) is 5.56. The Morgan fingerprint density at radius 1 is 1.07 bits per heavy atom. The highest BCUT2D eigenvalue weighted by Crippen LogP contribution is 2.28. The Labute approximate surface area is 164 Å². The molecule has 0 aliphatic heterocycles. The number of para-hydroxylation sites is 1. The predicted molar refractivity (Wildman–Crippen MR) is 109 cm³/mol. The summed E-state index contributed by atoms with van der Waals surface area (Å²) in [5.74, 6) is 0.307. The molecule has 1 heterocycles. The number of carbonyl (C=O) groups excluding carboxylic acids is 1. The first-order chi connectivity index (χ1) is 13.5. The molecule has 4 rings (SSSR count). The Morgan fingerprint density at radius 2 is 1.89 bits per heavy atom. The van der Waals surface area contributed by atoms with Crippen LogP contribution in [0, 0.1) is 12.8 Å². The molecule has 0 bridgehead atoms. The van der Waals surface area contributed by atoms with E-state index in [0.29, 0.717) is 22.6 Å². The lowest BCUT2D eigenvalue weighted by molar-refractivity contribution is 0.0155. The van der Waals surface area contributed by atoms with Crippen molar-refractivity contribution in [2.24, 2.45) is 5.92 Å². The van der Waals surface area contributed by atoms with Gasteiger partial charge in [-0.1, -0.05) is 37.6 Å². The Bertz CT molecular complexity index is 1080. The van der Waals surface area contributed by atoms with Crippen LogP contribution in [0.2, 0.25) is 0 Å². The van der Waals surface area contributed by atoms with E-state index in [2.05, 4.69) is 6.92 Å². The zero-order chi connectivity index (χ0) is 19.7. The van der Waals surface area contributed by atoms with Crippen molar-refractivity contribution in [1.82, 2.24) is 0 Å². The molecule has 2 aromatic carbocycles. The van der Waals surface area contributed by atoms with Crippen molar-refractivity contribution < 1.29 is 13.9 Å². The van der Waals surface area contributed by atoms with Crippen LogP contribution < -0.4 is 5.63 Å². The van der Waals surface area contributed by atoms with Crippen molar-refractivity contribution in [2.75, 3.05) is 0 Å². The summed E-state index contributed by atoms with van der Waals surface area (Å²) in [6.07, 6.45) is 4.18. The second-order valence-corrected chi connectivity index (χ2v) is 7.81. The van der Waals surface area contributed by atoms with Crippen molar-refractivity contribution >= 4 is 16.9 Å². The van der Waals surface area contributed by atoms with Gasteiger partial charge in [-0.2, -0.15) is 0 Å². The summed E-state index contributed by atoms with van der Waals surface area (Å²) in [6.45, 7) is 4.09. The predicted octanol–water partition coefficient (Wildman–Crippen LogP) is 5.50. The molecule has 1 aliphatic rings. The highest BCUT2D eigenvalue weighted by atomic mass is 16.5. The fraction of sp³-hybridized carbons (Fsp3) is 0.333. The van der Waals surface area contributed by atoms with Crippen LogP contribution in [0.3, 0.4) is 0 Å². The number of carbonyl (C=O) groups is 1. The summed E-state index contributed by atoms with van der Waals surface area (Å²) < 4.78 is 11.2. The smallest absolute Gasteiger partial charge is 0.344 e. The first-order valence-corrected chi connectivity index (χ1v) is 9.86. The lowest BCUT2D eigenvalue weighted by Crippen LogP contribution is -2.24. The van der Waals surface area contributed by atoms with Crippen molar-refractivity contribution in [3.05, 3.63) is 70.1 Å². The Hall–Kier alpha value is -2.88. The van der Waals surface area contributed by atoms with Crippen molar-refractivity contribution in [3.8, 4) is 11.1 Å². The third-order valence-electron chi connectivity index (χ3n) is 5.56. The molecule has 28 heavy (non-hydrogen) atoms. The maximum Gasteiger partial charge on any atom is 0.344 e. The number of benzene rings is 2. The van der Waals surface area contributed by atoms with Crippen LogP contribution in [0.1, 0.15) is 48.5 Å². The van der Waals surface area contributed by atoms with Gasteiger partial charge in [0.15, 0.2) is 0 Å². The van der Waals surface area contributed by atoms with E-state index in [1.807, 2.05) is 31.2 Å². The van der Waals surface area contributed by atoms with Gasteiger partial charge in [-0.15, -0.1) is 0 Å². The molecule has 1 saturated carbocycles. The Morgan fingerprint density at radius 3 is 2.68 bits per heavy atom. The molecule has 2 atom stereocenters. The highest BCUT2D eigenvalue weighted by molar-refractivity contribution is 5.91. The zero-order valence-electron chi connectivity index (χ0n) is 16.2. The minimum Gasteiger partial charge on any atom is -0.459 e. The number of hydrogen-bond acceptors (Lipinski definition) is 4. The average molecular weight is 376 g/mol. The van der Waals surface area contributed by atoms with E-state index < -0.39 is 0 Å². The lowest BCUT2D eigenvalue weighted by Gasteiger charge is -2.26. The van der Waals surface area contributed by atoms with E-state index in [9.17, 15) is 9.59 Å². The molecule has 0 radical (unpaired) electrons. The third kappa shape index (κ3) is 3.72. The minimum atomic E-state index is -0.381.